The Bertz CT molecular complexity index is 907. The highest BCUT2D eigenvalue weighted by molar-refractivity contribution is 7.92. The molecule has 0 unspecified atom stereocenters. The number of pyridine rings is 1. The molecule has 1 aromatic carbocycles. The number of rotatable bonds is 3. The average Bonchev–Trinajstić information content (AvgIpc) is 2.47. The smallest absolute Gasteiger partial charge is 0.263 e. The molecule has 0 aliphatic carbocycles. The molecular weight excluding hydrogens is 324 g/mol. The Morgan fingerprint density at radius 2 is 1.95 bits per heavy atom. The second-order valence-electron chi connectivity index (χ2n) is 5.01. The molecule has 1 aliphatic heterocycles. The van der Waals surface area contributed by atoms with Gasteiger partial charge in [0.1, 0.15) is 5.82 Å². The van der Waals surface area contributed by atoms with Crippen molar-refractivity contribution in [1.29, 1.82) is 0 Å². The van der Waals surface area contributed by atoms with Gasteiger partial charge in [0, 0.05) is 6.20 Å². The Balaban J connectivity index is 1.99. The lowest BCUT2D eigenvalue weighted by Crippen LogP contribution is -2.18. The highest BCUT2D eigenvalue weighted by atomic mass is 32.2. The molecule has 0 fully saturated rings. The van der Waals surface area contributed by atoms with Gasteiger partial charge in [-0.2, -0.15) is 0 Å². The van der Waals surface area contributed by atoms with Gasteiger partial charge in [-0.25, -0.2) is 21.8 Å². The molecule has 8 heteroatoms. The second kappa shape index (κ2) is 5.36. The minimum atomic E-state index is -3.79. The lowest BCUT2D eigenvalue weighted by molar-refractivity contribution is 0.584. The van der Waals surface area contributed by atoms with Crippen molar-refractivity contribution in [3.8, 4) is 0 Å². The lowest BCUT2D eigenvalue weighted by Gasteiger charge is -2.17. The van der Waals surface area contributed by atoms with Crippen LogP contribution >= 0.6 is 0 Å². The summed E-state index contributed by atoms with van der Waals surface area (Å²) >= 11 is 0. The third-order valence-electron chi connectivity index (χ3n) is 3.44. The molecule has 1 aromatic heterocycles. The van der Waals surface area contributed by atoms with Crippen LogP contribution in [0.4, 0.5) is 5.82 Å². The predicted octanol–water partition coefficient (Wildman–Crippen LogP) is 1.60. The van der Waals surface area contributed by atoms with E-state index in [1.54, 1.807) is 18.2 Å². The summed E-state index contributed by atoms with van der Waals surface area (Å²) in [7, 11) is -7.08. The summed E-state index contributed by atoms with van der Waals surface area (Å²) < 4.78 is 51.0. The largest absolute Gasteiger partial charge is 0.263 e. The summed E-state index contributed by atoms with van der Waals surface area (Å²) in [6.07, 6.45) is 2.55. The fraction of sp³-hybridized carbons (Fsp3) is 0.214. The molecule has 2 aromatic rings. The first-order chi connectivity index (χ1) is 10.4. The molecule has 1 aliphatic rings. The number of sulfone groups is 1. The summed E-state index contributed by atoms with van der Waals surface area (Å²) in [4.78, 5) is 4.18. The second-order valence-corrected chi connectivity index (χ2v) is 8.77. The summed E-state index contributed by atoms with van der Waals surface area (Å²) in [5.41, 5.74) is 0.551. The van der Waals surface area contributed by atoms with E-state index >= 15 is 0 Å². The van der Waals surface area contributed by atoms with Crippen molar-refractivity contribution >= 4 is 25.7 Å². The molecule has 0 bridgehead atoms. The van der Waals surface area contributed by atoms with Crippen molar-refractivity contribution in [2.24, 2.45) is 0 Å². The maximum Gasteiger partial charge on any atom is 0.263 e. The van der Waals surface area contributed by atoms with Gasteiger partial charge in [-0.15, -0.1) is 0 Å². The molecule has 6 nitrogen and oxygen atoms in total. The maximum absolute atomic E-state index is 12.3. The molecule has 0 atom stereocenters. The first kappa shape index (κ1) is 15.0. The number of aromatic nitrogens is 1. The predicted molar refractivity (Wildman–Crippen MR) is 81.9 cm³/mol. The standard InChI is InChI=1S/C14H14N2O4S2/c17-21(18)9-3-4-11-10-12(6-7-13(11)21)22(19,20)16-14-5-1-2-8-15-14/h1-2,5-8,10H,3-4,9H2,(H,15,16). The number of sulfonamides is 1. The van der Waals surface area contributed by atoms with Crippen LogP contribution in [0, 0.1) is 0 Å². The van der Waals surface area contributed by atoms with E-state index in [0.29, 0.717) is 18.4 Å². The topological polar surface area (TPSA) is 93.2 Å². The number of fused-ring (bicyclic) bond motifs is 1. The van der Waals surface area contributed by atoms with Gasteiger partial charge in [0.2, 0.25) is 0 Å². The monoisotopic (exact) mass is 338 g/mol. The van der Waals surface area contributed by atoms with Crippen molar-refractivity contribution in [2.45, 2.75) is 22.6 Å². The van der Waals surface area contributed by atoms with Gasteiger partial charge in [-0.1, -0.05) is 6.07 Å². The molecular formula is C14H14N2O4S2. The van der Waals surface area contributed by atoms with E-state index in [4.69, 9.17) is 0 Å². The van der Waals surface area contributed by atoms with Gasteiger partial charge in [0.25, 0.3) is 10.0 Å². The van der Waals surface area contributed by atoms with E-state index in [9.17, 15) is 16.8 Å². The molecule has 0 amide bonds. The van der Waals surface area contributed by atoms with Crippen LogP contribution in [0.5, 0.6) is 0 Å². The number of nitrogens with zero attached hydrogens (tertiary/aromatic N) is 1. The van der Waals surface area contributed by atoms with E-state index in [1.807, 2.05) is 0 Å². The molecule has 0 saturated heterocycles. The molecule has 1 N–H and O–H groups in total. The zero-order valence-electron chi connectivity index (χ0n) is 11.6. The van der Waals surface area contributed by atoms with Crippen molar-refractivity contribution < 1.29 is 16.8 Å². The van der Waals surface area contributed by atoms with Crippen LogP contribution in [0.3, 0.4) is 0 Å². The SMILES string of the molecule is O=S1(=O)CCCc2cc(S(=O)(=O)Nc3ccccn3)ccc21. The molecule has 2 heterocycles. The number of aryl methyl sites for hydroxylation is 1. The van der Waals surface area contributed by atoms with Gasteiger partial charge >= 0.3 is 0 Å². The zero-order chi connectivity index (χ0) is 15.8. The summed E-state index contributed by atoms with van der Waals surface area (Å²) in [5.74, 6) is 0.325. The highest BCUT2D eigenvalue weighted by Gasteiger charge is 2.25. The van der Waals surface area contributed by atoms with Crippen LogP contribution < -0.4 is 4.72 Å². The number of anilines is 1. The number of hydrogen-bond donors (Lipinski definition) is 1. The average molecular weight is 338 g/mol. The van der Waals surface area contributed by atoms with Gasteiger partial charge in [0.15, 0.2) is 9.84 Å². The maximum atomic E-state index is 12.3. The fourth-order valence-corrected chi connectivity index (χ4v) is 5.04. The molecule has 116 valence electrons. The highest BCUT2D eigenvalue weighted by Crippen LogP contribution is 2.27. The van der Waals surface area contributed by atoms with E-state index in [0.717, 1.165) is 0 Å². The first-order valence-corrected chi connectivity index (χ1v) is 9.82. The van der Waals surface area contributed by atoms with Crippen LogP contribution in [-0.2, 0) is 26.3 Å². The fourth-order valence-electron chi connectivity index (χ4n) is 2.40. The Kier molecular flexibility index (Phi) is 3.65. The van der Waals surface area contributed by atoms with Gasteiger partial charge in [-0.3, -0.25) is 4.72 Å². The summed E-state index contributed by atoms with van der Waals surface area (Å²) in [5, 5.41) is 0. The van der Waals surface area contributed by atoms with Crippen molar-refractivity contribution in [2.75, 3.05) is 10.5 Å². The van der Waals surface area contributed by atoms with Crippen molar-refractivity contribution in [3.63, 3.8) is 0 Å². The number of hydrogen-bond acceptors (Lipinski definition) is 5. The van der Waals surface area contributed by atoms with E-state index in [1.165, 1.54) is 24.4 Å². The van der Waals surface area contributed by atoms with Crippen LogP contribution in [0.1, 0.15) is 12.0 Å². The van der Waals surface area contributed by atoms with Crippen LogP contribution in [0.25, 0.3) is 0 Å². The zero-order valence-corrected chi connectivity index (χ0v) is 13.2. The van der Waals surface area contributed by atoms with Crippen LogP contribution in [0.15, 0.2) is 52.4 Å². The summed E-state index contributed by atoms with van der Waals surface area (Å²) in [6, 6.07) is 9.01. The molecule has 0 spiro atoms. The number of benzene rings is 1. The van der Waals surface area contributed by atoms with Crippen LogP contribution in [0.2, 0.25) is 0 Å². The lowest BCUT2D eigenvalue weighted by atomic mass is 10.1. The molecule has 3 rings (SSSR count). The minimum absolute atomic E-state index is 0.0361. The van der Waals surface area contributed by atoms with Gasteiger partial charge in [0.05, 0.1) is 15.5 Å². The number of nitrogens with one attached hydrogen (secondary N) is 1. The van der Waals surface area contributed by atoms with Crippen LogP contribution in [-0.4, -0.2) is 27.6 Å². The third-order valence-corrected chi connectivity index (χ3v) is 6.69. The van der Waals surface area contributed by atoms with Crippen molar-refractivity contribution in [1.82, 2.24) is 4.98 Å². The Hall–Kier alpha value is -1.93. The minimum Gasteiger partial charge on any atom is -0.263 e. The van der Waals surface area contributed by atoms with E-state index < -0.39 is 19.9 Å². The molecule has 22 heavy (non-hydrogen) atoms. The van der Waals surface area contributed by atoms with Gasteiger partial charge in [-0.05, 0) is 48.7 Å². The normalized spacial score (nSPS) is 16.7. The van der Waals surface area contributed by atoms with Gasteiger partial charge < -0.3 is 0 Å². The first-order valence-electron chi connectivity index (χ1n) is 6.68. The molecule has 0 radical (unpaired) electrons. The Labute approximate surface area is 129 Å². The Morgan fingerprint density at radius 3 is 2.68 bits per heavy atom. The van der Waals surface area contributed by atoms with E-state index in [-0.39, 0.29) is 21.4 Å². The quantitative estimate of drug-likeness (QED) is 0.917. The summed E-state index contributed by atoms with van der Waals surface area (Å²) in [6.45, 7) is 0. The Morgan fingerprint density at radius 1 is 1.14 bits per heavy atom. The molecule has 0 saturated carbocycles. The third kappa shape index (κ3) is 2.84. The van der Waals surface area contributed by atoms with E-state index in [2.05, 4.69) is 9.71 Å². The van der Waals surface area contributed by atoms with Crippen molar-refractivity contribution in [3.05, 3.63) is 48.2 Å².